The number of carbonyl (C=O) groups is 1. The summed E-state index contributed by atoms with van der Waals surface area (Å²) in [5.41, 5.74) is 5.30. The summed E-state index contributed by atoms with van der Waals surface area (Å²) in [5, 5.41) is 0. The standard InChI is InChI=1S/C9H10IN3O3/c10-13-8(15)5-3-1-2-4(7(11)14)6(5)12-9(13)16/h4H,1-3H2,(H2,11,14)(H,12,16). The first kappa shape index (κ1) is 11.4. The van der Waals surface area contributed by atoms with Gasteiger partial charge in [-0.25, -0.2) is 4.79 Å². The number of H-pyrrole nitrogens is 1. The molecule has 0 radical (unpaired) electrons. The lowest BCUT2D eigenvalue weighted by molar-refractivity contribution is -0.119. The van der Waals surface area contributed by atoms with E-state index in [1.54, 1.807) is 22.9 Å². The predicted octanol–water partition coefficient (Wildman–Crippen LogP) is -0.360. The summed E-state index contributed by atoms with van der Waals surface area (Å²) in [6, 6.07) is 0. The minimum absolute atomic E-state index is 0.342. The lowest BCUT2D eigenvalue weighted by atomic mass is 9.87. The van der Waals surface area contributed by atoms with Gasteiger partial charge in [-0.1, -0.05) is 0 Å². The van der Waals surface area contributed by atoms with Gasteiger partial charge in [0.15, 0.2) is 0 Å². The zero-order chi connectivity index (χ0) is 11.9. The summed E-state index contributed by atoms with van der Waals surface area (Å²) >= 11 is 1.64. The molecule has 1 amide bonds. The van der Waals surface area contributed by atoms with E-state index < -0.39 is 17.5 Å². The van der Waals surface area contributed by atoms with E-state index in [0.29, 0.717) is 24.1 Å². The van der Waals surface area contributed by atoms with E-state index in [2.05, 4.69) is 4.98 Å². The fourth-order valence-corrected chi connectivity index (χ4v) is 2.43. The van der Waals surface area contributed by atoms with Crippen LogP contribution in [0.4, 0.5) is 0 Å². The number of hydrogen-bond acceptors (Lipinski definition) is 3. The molecule has 1 aliphatic carbocycles. The van der Waals surface area contributed by atoms with E-state index in [1.165, 1.54) is 0 Å². The van der Waals surface area contributed by atoms with Crippen LogP contribution in [0, 0.1) is 0 Å². The number of carbonyl (C=O) groups excluding carboxylic acids is 1. The average molecular weight is 335 g/mol. The molecule has 1 aromatic heterocycles. The Morgan fingerprint density at radius 2 is 2.19 bits per heavy atom. The number of rotatable bonds is 1. The van der Waals surface area contributed by atoms with Crippen LogP contribution in [-0.4, -0.2) is 13.7 Å². The van der Waals surface area contributed by atoms with Crippen molar-refractivity contribution in [1.82, 2.24) is 7.76 Å². The molecule has 1 unspecified atom stereocenters. The SMILES string of the molecule is NC(=O)C1CCCc2c1[nH]c(=O)n(I)c2=O. The monoisotopic (exact) mass is 335 g/mol. The third-order valence-corrected chi connectivity index (χ3v) is 3.67. The molecule has 0 saturated carbocycles. The van der Waals surface area contributed by atoms with Crippen molar-refractivity contribution in [2.75, 3.05) is 0 Å². The first-order chi connectivity index (χ1) is 7.52. The molecule has 0 aromatic carbocycles. The fraction of sp³-hybridized carbons (Fsp3) is 0.444. The summed E-state index contributed by atoms with van der Waals surface area (Å²) in [4.78, 5) is 37.0. The topological polar surface area (TPSA) is 97.9 Å². The first-order valence-corrected chi connectivity index (χ1v) is 5.82. The zero-order valence-electron chi connectivity index (χ0n) is 8.33. The van der Waals surface area contributed by atoms with Gasteiger partial charge in [-0.2, -0.15) is 2.78 Å². The quantitative estimate of drug-likeness (QED) is 0.686. The fourth-order valence-electron chi connectivity index (χ4n) is 2.02. The number of halogens is 1. The highest BCUT2D eigenvalue weighted by molar-refractivity contribution is 14.1. The largest absolute Gasteiger partial charge is 0.369 e. The van der Waals surface area contributed by atoms with Crippen molar-refractivity contribution < 1.29 is 4.79 Å². The summed E-state index contributed by atoms with van der Waals surface area (Å²) in [5.74, 6) is -1.04. The Balaban J connectivity index is 2.71. The molecule has 1 aliphatic rings. The molecule has 86 valence electrons. The second kappa shape index (κ2) is 4.04. The maximum Gasteiger partial charge on any atom is 0.337 e. The Hall–Kier alpha value is -1.12. The van der Waals surface area contributed by atoms with Gasteiger partial charge in [0, 0.05) is 11.3 Å². The van der Waals surface area contributed by atoms with Crippen LogP contribution in [0.25, 0.3) is 0 Å². The van der Waals surface area contributed by atoms with Gasteiger partial charge in [0.25, 0.3) is 5.56 Å². The highest BCUT2D eigenvalue weighted by atomic mass is 127. The van der Waals surface area contributed by atoms with Crippen LogP contribution in [0.5, 0.6) is 0 Å². The number of primary amides is 1. The third-order valence-electron chi connectivity index (χ3n) is 2.79. The van der Waals surface area contributed by atoms with Crippen molar-refractivity contribution in [3.05, 3.63) is 32.1 Å². The number of hydrogen-bond donors (Lipinski definition) is 2. The van der Waals surface area contributed by atoms with Crippen molar-refractivity contribution in [3.8, 4) is 0 Å². The normalized spacial score (nSPS) is 19.2. The maximum absolute atomic E-state index is 11.8. The van der Waals surface area contributed by atoms with E-state index in [0.717, 1.165) is 9.20 Å². The summed E-state index contributed by atoms with van der Waals surface area (Å²) in [6.45, 7) is 0. The molecule has 0 fully saturated rings. The number of aromatic amines is 1. The van der Waals surface area contributed by atoms with Gasteiger partial charge in [0.05, 0.1) is 28.8 Å². The van der Waals surface area contributed by atoms with Gasteiger partial charge in [-0.3, -0.25) is 9.59 Å². The minimum atomic E-state index is -0.540. The molecule has 1 heterocycles. The van der Waals surface area contributed by atoms with Crippen LogP contribution in [0.3, 0.4) is 0 Å². The number of aromatic nitrogens is 2. The Morgan fingerprint density at radius 1 is 1.50 bits per heavy atom. The molecule has 6 nitrogen and oxygen atoms in total. The van der Waals surface area contributed by atoms with E-state index in [9.17, 15) is 14.4 Å². The lowest BCUT2D eigenvalue weighted by Gasteiger charge is -2.21. The molecular weight excluding hydrogens is 325 g/mol. The number of nitrogens with zero attached hydrogens (tertiary/aromatic N) is 1. The first-order valence-electron chi connectivity index (χ1n) is 4.86. The van der Waals surface area contributed by atoms with Gasteiger partial charge >= 0.3 is 5.69 Å². The van der Waals surface area contributed by atoms with Gasteiger partial charge in [0.1, 0.15) is 0 Å². The smallest absolute Gasteiger partial charge is 0.337 e. The average Bonchev–Trinajstić information content (AvgIpc) is 2.25. The molecule has 0 saturated heterocycles. The second-order valence-electron chi connectivity index (χ2n) is 3.76. The van der Waals surface area contributed by atoms with E-state index in [-0.39, 0.29) is 5.56 Å². The van der Waals surface area contributed by atoms with E-state index in [4.69, 9.17) is 5.73 Å². The number of fused-ring (bicyclic) bond motifs is 1. The van der Waals surface area contributed by atoms with Crippen molar-refractivity contribution in [3.63, 3.8) is 0 Å². The second-order valence-corrected chi connectivity index (χ2v) is 4.72. The Bertz CT molecular complexity index is 560. The molecule has 16 heavy (non-hydrogen) atoms. The van der Waals surface area contributed by atoms with Crippen LogP contribution in [0.15, 0.2) is 9.59 Å². The molecule has 1 atom stereocenters. The molecule has 0 aliphatic heterocycles. The zero-order valence-corrected chi connectivity index (χ0v) is 10.5. The predicted molar refractivity (Wildman–Crippen MR) is 65.6 cm³/mol. The van der Waals surface area contributed by atoms with Gasteiger partial charge in [0.2, 0.25) is 5.91 Å². The van der Waals surface area contributed by atoms with Crippen molar-refractivity contribution in [1.29, 1.82) is 0 Å². The summed E-state index contributed by atoms with van der Waals surface area (Å²) in [6.07, 6.45) is 1.90. The van der Waals surface area contributed by atoms with Crippen molar-refractivity contribution in [2.45, 2.75) is 25.2 Å². The maximum atomic E-state index is 11.8. The molecule has 1 aromatic rings. The molecule has 3 N–H and O–H groups in total. The molecular formula is C9H10IN3O3. The van der Waals surface area contributed by atoms with Crippen molar-refractivity contribution in [2.24, 2.45) is 5.73 Å². The summed E-state index contributed by atoms with van der Waals surface area (Å²) in [7, 11) is 0. The third kappa shape index (κ3) is 1.68. The Kier molecular flexibility index (Phi) is 2.87. The molecule has 2 rings (SSSR count). The number of amides is 1. The highest BCUT2D eigenvalue weighted by Gasteiger charge is 2.28. The number of nitrogens with one attached hydrogen (secondary N) is 1. The van der Waals surface area contributed by atoms with Gasteiger partial charge in [-0.15, -0.1) is 0 Å². The van der Waals surface area contributed by atoms with Gasteiger partial charge in [-0.05, 0) is 19.3 Å². The lowest BCUT2D eigenvalue weighted by Crippen LogP contribution is -2.38. The highest BCUT2D eigenvalue weighted by Crippen LogP contribution is 2.26. The van der Waals surface area contributed by atoms with Crippen LogP contribution < -0.4 is 17.0 Å². The molecule has 0 spiro atoms. The van der Waals surface area contributed by atoms with E-state index >= 15 is 0 Å². The van der Waals surface area contributed by atoms with Gasteiger partial charge < -0.3 is 10.7 Å². The molecule has 7 heteroatoms. The summed E-state index contributed by atoms with van der Waals surface area (Å²) < 4.78 is 0.986. The number of nitrogens with two attached hydrogens (primary N) is 1. The van der Waals surface area contributed by atoms with Crippen LogP contribution in [0.2, 0.25) is 0 Å². The Morgan fingerprint density at radius 3 is 2.81 bits per heavy atom. The molecule has 0 bridgehead atoms. The minimum Gasteiger partial charge on any atom is -0.369 e. The Labute approximate surface area is 104 Å². The van der Waals surface area contributed by atoms with Crippen LogP contribution in [0.1, 0.15) is 30.0 Å². The van der Waals surface area contributed by atoms with Crippen LogP contribution >= 0.6 is 22.9 Å². The van der Waals surface area contributed by atoms with Crippen LogP contribution in [-0.2, 0) is 11.2 Å². The van der Waals surface area contributed by atoms with Crippen molar-refractivity contribution >= 4 is 28.8 Å². The van der Waals surface area contributed by atoms with E-state index in [1.807, 2.05) is 0 Å².